The fourth-order valence-electron chi connectivity index (χ4n) is 4.28. The molecular formula is C22H22ClN7O2. The number of halogens is 1. The summed E-state index contributed by atoms with van der Waals surface area (Å²) >= 11 is 6.31. The molecule has 32 heavy (non-hydrogen) atoms. The van der Waals surface area contributed by atoms with Gasteiger partial charge in [-0.2, -0.15) is 10.2 Å². The summed E-state index contributed by atoms with van der Waals surface area (Å²) in [6.45, 7) is 8.07. The highest BCUT2D eigenvalue weighted by Crippen LogP contribution is 2.45. The van der Waals surface area contributed by atoms with Gasteiger partial charge in [0.2, 0.25) is 11.7 Å². The van der Waals surface area contributed by atoms with Crippen molar-refractivity contribution in [3.05, 3.63) is 51.9 Å². The van der Waals surface area contributed by atoms with E-state index in [1.54, 1.807) is 12.3 Å². The Morgan fingerprint density at radius 2 is 2.12 bits per heavy atom. The van der Waals surface area contributed by atoms with E-state index in [9.17, 15) is 0 Å². The average Bonchev–Trinajstić information content (AvgIpc) is 3.51. The summed E-state index contributed by atoms with van der Waals surface area (Å²) in [6.07, 6.45) is 3.43. The molecule has 0 radical (unpaired) electrons. The van der Waals surface area contributed by atoms with E-state index in [1.165, 1.54) is 11.1 Å². The summed E-state index contributed by atoms with van der Waals surface area (Å²) in [6, 6.07) is 5.85. The van der Waals surface area contributed by atoms with Crippen LogP contribution in [-0.2, 0) is 11.8 Å². The number of aromatic nitrogens is 7. The van der Waals surface area contributed by atoms with Gasteiger partial charge < -0.3 is 9.26 Å². The number of nitrogens with zero attached hydrogens (tertiary/aromatic N) is 6. The zero-order chi connectivity index (χ0) is 22.5. The number of rotatable bonds is 5. The predicted molar refractivity (Wildman–Crippen MR) is 117 cm³/mol. The molecule has 0 amide bonds. The number of benzene rings is 1. The van der Waals surface area contributed by atoms with E-state index in [4.69, 9.17) is 20.9 Å². The maximum Gasteiger partial charge on any atom is 0.259 e. The smallest absolute Gasteiger partial charge is 0.259 e. The van der Waals surface area contributed by atoms with Gasteiger partial charge in [0.25, 0.3) is 5.89 Å². The number of fused-ring (bicyclic) bond motifs is 1. The maximum atomic E-state index is 6.31. The molecule has 1 aromatic carbocycles. The van der Waals surface area contributed by atoms with Crippen LogP contribution in [0.1, 0.15) is 49.7 Å². The van der Waals surface area contributed by atoms with E-state index in [0.29, 0.717) is 34.0 Å². The lowest BCUT2D eigenvalue weighted by Crippen LogP contribution is -2.22. The van der Waals surface area contributed by atoms with Gasteiger partial charge in [-0.1, -0.05) is 34.1 Å². The number of tetrazole rings is 1. The Labute approximate surface area is 189 Å². The lowest BCUT2D eigenvalue weighted by Gasteiger charge is -2.21. The van der Waals surface area contributed by atoms with E-state index in [2.05, 4.69) is 55.7 Å². The standard InChI is InChI=1S/C22H22ClN7O2/c1-11(2)31-20-17(23)9-13(10-24-20)19-25-18(28-32-19)15-5-6-16-14(12(15)3)7-8-22(16,4)21-26-29-30-27-21/h5-6,9-11H,7-8H2,1-4H3,(H,26,27,29,30)/t22-/m0/s1. The van der Waals surface area contributed by atoms with Gasteiger partial charge >= 0.3 is 0 Å². The van der Waals surface area contributed by atoms with E-state index in [-0.39, 0.29) is 11.5 Å². The van der Waals surface area contributed by atoms with Gasteiger partial charge in [-0.05, 0) is 63.3 Å². The van der Waals surface area contributed by atoms with Crippen molar-refractivity contribution in [2.75, 3.05) is 0 Å². The lowest BCUT2D eigenvalue weighted by molar-refractivity contribution is 0.233. The molecule has 0 saturated carbocycles. The highest BCUT2D eigenvalue weighted by molar-refractivity contribution is 6.32. The molecule has 0 aliphatic heterocycles. The summed E-state index contributed by atoms with van der Waals surface area (Å²) in [5, 5.41) is 19.4. The Morgan fingerprint density at radius 3 is 2.84 bits per heavy atom. The molecule has 10 heteroatoms. The third-order valence-corrected chi connectivity index (χ3v) is 6.25. The van der Waals surface area contributed by atoms with Crippen LogP contribution in [0.25, 0.3) is 22.8 Å². The van der Waals surface area contributed by atoms with Crippen LogP contribution in [-0.4, -0.2) is 41.9 Å². The van der Waals surface area contributed by atoms with Crippen molar-refractivity contribution in [3.8, 4) is 28.7 Å². The SMILES string of the molecule is Cc1c(-c2noc(-c3cnc(OC(C)C)c(Cl)c3)n2)ccc2c1CC[C@]2(C)c1nn[nH]n1. The number of hydrogen-bond donors (Lipinski definition) is 1. The highest BCUT2D eigenvalue weighted by Gasteiger charge is 2.40. The van der Waals surface area contributed by atoms with Crippen LogP contribution in [0.5, 0.6) is 5.88 Å². The summed E-state index contributed by atoms with van der Waals surface area (Å²) in [4.78, 5) is 8.88. The van der Waals surface area contributed by atoms with E-state index < -0.39 is 0 Å². The largest absolute Gasteiger partial charge is 0.474 e. The minimum Gasteiger partial charge on any atom is -0.474 e. The molecule has 1 atom stereocenters. The summed E-state index contributed by atoms with van der Waals surface area (Å²) < 4.78 is 11.1. The van der Waals surface area contributed by atoms with Crippen LogP contribution >= 0.6 is 11.6 Å². The van der Waals surface area contributed by atoms with Crippen molar-refractivity contribution in [1.29, 1.82) is 0 Å². The van der Waals surface area contributed by atoms with E-state index in [1.807, 2.05) is 19.9 Å². The number of aromatic amines is 1. The van der Waals surface area contributed by atoms with Gasteiger partial charge in [0.15, 0.2) is 5.82 Å². The number of hydrogen-bond acceptors (Lipinski definition) is 8. The Bertz CT molecular complexity index is 1290. The van der Waals surface area contributed by atoms with Crippen LogP contribution in [0.15, 0.2) is 28.9 Å². The first-order valence-electron chi connectivity index (χ1n) is 10.4. The zero-order valence-electron chi connectivity index (χ0n) is 18.2. The Morgan fingerprint density at radius 1 is 1.28 bits per heavy atom. The molecule has 1 aliphatic carbocycles. The molecule has 1 aliphatic rings. The quantitative estimate of drug-likeness (QED) is 0.477. The van der Waals surface area contributed by atoms with E-state index in [0.717, 1.165) is 24.0 Å². The van der Waals surface area contributed by atoms with Crippen molar-refractivity contribution in [1.82, 2.24) is 35.7 Å². The van der Waals surface area contributed by atoms with Crippen LogP contribution in [0, 0.1) is 6.92 Å². The van der Waals surface area contributed by atoms with Gasteiger partial charge in [0, 0.05) is 11.8 Å². The molecule has 0 bridgehead atoms. The van der Waals surface area contributed by atoms with Gasteiger partial charge in [-0.3, -0.25) is 0 Å². The maximum absolute atomic E-state index is 6.31. The minimum atomic E-state index is -0.268. The van der Waals surface area contributed by atoms with Crippen molar-refractivity contribution in [2.24, 2.45) is 0 Å². The van der Waals surface area contributed by atoms with Crippen molar-refractivity contribution >= 4 is 11.6 Å². The molecule has 0 fully saturated rings. The minimum absolute atomic E-state index is 0.0226. The molecule has 3 heterocycles. The van der Waals surface area contributed by atoms with E-state index >= 15 is 0 Å². The normalized spacial score (nSPS) is 17.7. The van der Waals surface area contributed by atoms with Gasteiger partial charge in [0.05, 0.1) is 17.1 Å². The second kappa shape index (κ2) is 7.67. The summed E-state index contributed by atoms with van der Waals surface area (Å²) in [5.41, 5.74) is 4.89. The molecule has 0 spiro atoms. The fraction of sp³-hybridized carbons (Fsp3) is 0.364. The Hall–Kier alpha value is -3.33. The van der Waals surface area contributed by atoms with Crippen LogP contribution in [0.3, 0.4) is 0 Å². The molecule has 9 nitrogen and oxygen atoms in total. The molecular weight excluding hydrogens is 430 g/mol. The van der Waals surface area contributed by atoms with Gasteiger partial charge in [-0.15, -0.1) is 10.2 Å². The number of H-pyrrole nitrogens is 1. The van der Waals surface area contributed by atoms with Gasteiger partial charge in [0.1, 0.15) is 5.02 Å². The average molecular weight is 452 g/mol. The summed E-state index contributed by atoms with van der Waals surface area (Å²) in [5.74, 6) is 1.96. The topological polar surface area (TPSA) is 116 Å². The Kier molecular flexibility index (Phi) is 4.93. The summed E-state index contributed by atoms with van der Waals surface area (Å²) in [7, 11) is 0. The lowest BCUT2D eigenvalue weighted by atomic mass is 9.82. The molecule has 164 valence electrons. The second-order valence-corrected chi connectivity index (χ2v) is 8.84. The molecule has 0 unspecified atom stereocenters. The number of pyridine rings is 1. The first-order chi connectivity index (χ1) is 15.4. The molecule has 4 aromatic rings. The van der Waals surface area contributed by atoms with Crippen LogP contribution in [0.4, 0.5) is 0 Å². The molecule has 0 saturated heterocycles. The van der Waals surface area contributed by atoms with Crippen molar-refractivity contribution in [3.63, 3.8) is 0 Å². The molecule has 5 rings (SSSR count). The van der Waals surface area contributed by atoms with Crippen molar-refractivity contribution < 1.29 is 9.26 Å². The monoisotopic (exact) mass is 451 g/mol. The second-order valence-electron chi connectivity index (χ2n) is 8.43. The third kappa shape index (κ3) is 3.33. The van der Waals surface area contributed by atoms with Crippen LogP contribution < -0.4 is 4.74 Å². The third-order valence-electron chi connectivity index (χ3n) is 5.98. The van der Waals surface area contributed by atoms with Crippen molar-refractivity contribution in [2.45, 2.75) is 52.1 Å². The zero-order valence-corrected chi connectivity index (χ0v) is 18.9. The first kappa shape index (κ1) is 20.6. The predicted octanol–water partition coefficient (Wildman–Crippen LogP) is 4.31. The first-order valence-corrected chi connectivity index (χ1v) is 10.8. The number of nitrogens with one attached hydrogen (secondary N) is 1. The molecule has 1 N–H and O–H groups in total. The molecule has 3 aromatic heterocycles. The fourth-order valence-corrected chi connectivity index (χ4v) is 4.49. The highest BCUT2D eigenvalue weighted by atomic mass is 35.5. The Balaban J connectivity index is 1.47. The van der Waals surface area contributed by atoms with Gasteiger partial charge in [-0.25, -0.2) is 4.98 Å². The number of ether oxygens (including phenoxy) is 1. The van der Waals surface area contributed by atoms with Crippen LogP contribution in [0.2, 0.25) is 5.02 Å².